The molecule has 0 amide bonds. The number of rotatable bonds is 6. The zero-order valence-electron chi connectivity index (χ0n) is 30.8. The van der Waals surface area contributed by atoms with Crippen LogP contribution in [0, 0.1) is 18.6 Å². The van der Waals surface area contributed by atoms with Gasteiger partial charge < -0.3 is 5.11 Å². The minimum Gasteiger partial charge on any atom is -0.508 e. The van der Waals surface area contributed by atoms with Crippen LogP contribution in [-0.4, -0.2) is 23.0 Å². The lowest BCUT2D eigenvalue weighted by Gasteiger charge is -2.06. The van der Waals surface area contributed by atoms with Crippen LogP contribution in [-0.2, 0) is 0 Å². The molecular formula is C49H48F2O2S. The summed E-state index contributed by atoms with van der Waals surface area (Å²) in [4.78, 5) is 12.7. The van der Waals surface area contributed by atoms with Crippen molar-refractivity contribution in [3.63, 3.8) is 0 Å². The Morgan fingerprint density at radius 1 is 0.685 bits per heavy atom. The first-order chi connectivity index (χ1) is 25.4. The van der Waals surface area contributed by atoms with Gasteiger partial charge in [-0.15, -0.1) is 0 Å². The topological polar surface area (TPSA) is 37.3 Å². The molecule has 1 unspecified atom stereocenters. The monoisotopic (exact) mass is 738 g/mol. The van der Waals surface area contributed by atoms with Gasteiger partial charge in [0, 0.05) is 22.4 Å². The highest BCUT2D eigenvalue weighted by atomic mass is 32.2. The van der Waals surface area contributed by atoms with Crippen LogP contribution in [0.15, 0.2) is 150 Å². The van der Waals surface area contributed by atoms with Gasteiger partial charge >= 0.3 is 0 Å². The molecule has 6 aromatic carbocycles. The largest absolute Gasteiger partial charge is 0.508 e. The second-order valence-corrected chi connectivity index (χ2v) is 14.7. The fourth-order valence-corrected chi connectivity index (χ4v) is 6.60. The number of benzene rings is 6. The van der Waals surface area contributed by atoms with Crippen LogP contribution >= 0.6 is 10.5 Å². The van der Waals surface area contributed by atoms with E-state index in [1.165, 1.54) is 33.7 Å². The third kappa shape index (κ3) is 10.3. The van der Waals surface area contributed by atoms with Crippen LogP contribution in [0.2, 0.25) is 0 Å². The second-order valence-electron chi connectivity index (χ2n) is 13.0. The Morgan fingerprint density at radius 3 is 1.87 bits per heavy atom. The van der Waals surface area contributed by atoms with E-state index in [2.05, 4.69) is 68.4 Å². The van der Waals surface area contributed by atoms with Crippen LogP contribution in [0.25, 0.3) is 39.5 Å². The summed E-state index contributed by atoms with van der Waals surface area (Å²) < 4.78 is 27.1. The third-order valence-corrected chi connectivity index (χ3v) is 10.3. The molecule has 54 heavy (non-hydrogen) atoms. The molecule has 0 aliphatic heterocycles. The lowest BCUT2D eigenvalue weighted by molar-refractivity contribution is 0.0988. The van der Waals surface area contributed by atoms with Gasteiger partial charge in [-0.05, 0) is 131 Å². The van der Waals surface area contributed by atoms with Gasteiger partial charge in [-0.3, -0.25) is 4.79 Å². The number of phenols is 1. The van der Waals surface area contributed by atoms with Crippen molar-refractivity contribution in [1.82, 2.24) is 0 Å². The molecule has 1 atom stereocenters. The van der Waals surface area contributed by atoms with E-state index in [0.717, 1.165) is 44.5 Å². The maximum Gasteiger partial charge on any atom is 0.162 e. The summed E-state index contributed by atoms with van der Waals surface area (Å²) in [6.07, 6.45) is 4.86. The van der Waals surface area contributed by atoms with Crippen LogP contribution in [0.4, 0.5) is 8.78 Å². The summed E-state index contributed by atoms with van der Waals surface area (Å²) in [6, 6.07) is 43.1. The number of aryl methyl sites for hydroxylation is 1. The zero-order valence-corrected chi connectivity index (χ0v) is 31.6. The minimum absolute atomic E-state index is 0. The minimum atomic E-state index is -0.235. The number of aromatic hydroxyl groups is 1. The molecule has 0 saturated carbocycles. The van der Waals surface area contributed by atoms with Gasteiger partial charge in [0.15, 0.2) is 5.78 Å². The predicted molar refractivity (Wildman–Crippen MR) is 229 cm³/mol. The molecule has 0 spiro atoms. The Kier molecular flexibility index (Phi) is 14.4. The van der Waals surface area contributed by atoms with Gasteiger partial charge in [0.05, 0.1) is 0 Å². The molecule has 6 aromatic rings. The number of carbonyl (C=O) groups excluding carboxylic acids is 1. The molecule has 0 fully saturated rings. The van der Waals surface area contributed by atoms with Crippen molar-refractivity contribution in [3.05, 3.63) is 185 Å². The molecule has 1 aliphatic rings. The summed E-state index contributed by atoms with van der Waals surface area (Å²) in [6.45, 7) is 7.90. The van der Waals surface area contributed by atoms with Gasteiger partial charge in [0.25, 0.3) is 0 Å². The van der Waals surface area contributed by atoms with E-state index in [4.69, 9.17) is 5.11 Å². The standard InChI is InChI=1S/C20H19FS.C15H14O.C13H11FO.CH4/c1-13-14(2)20-12-16(21)7-10-18(20)19(13)11-15-5-8-17(9-6-15)22(3)4;1-2-15(16)14-10-8-13(9-11-14)12-6-4-3-5-7-12;1-9-2-7-12(13(14)8-9)10-3-5-11(15)6-4-10;/h5-12H,3H2,1-2,4H3;3-11H,2H2,1H3;2-8,15H,1H3;1H4/b19-11-;;;. The number of fused-ring (bicyclic) bond motifs is 1. The van der Waals surface area contributed by atoms with Crippen LogP contribution in [0.5, 0.6) is 5.75 Å². The molecule has 1 aliphatic carbocycles. The van der Waals surface area contributed by atoms with E-state index in [0.29, 0.717) is 12.0 Å². The van der Waals surface area contributed by atoms with Crippen molar-refractivity contribution in [1.29, 1.82) is 0 Å². The number of halogens is 2. The highest BCUT2D eigenvalue weighted by Gasteiger charge is 2.21. The normalized spacial score (nSPS) is 12.8. The van der Waals surface area contributed by atoms with Crippen molar-refractivity contribution in [2.45, 2.75) is 46.4 Å². The number of phenolic OH excluding ortho intramolecular Hbond substituents is 1. The van der Waals surface area contributed by atoms with Crippen molar-refractivity contribution in [3.8, 4) is 28.0 Å². The van der Waals surface area contributed by atoms with E-state index >= 15 is 0 Å². The highest BCUT2D eigenvalue weighted by Crippen LogP contribution is 2.42. The zero-order chi connectivity index (χ0) is 38.1. The van der Waals surface area contributed by atoms with Crippen molar-refractivity contribution >= 4 is 39.4 Å². The Morgan fingerprint density at radius 2 is 1.28 bits per heavy atom. The summed E-state index contributed by atoms with van der Waals surface area (Å²) in [5, 5.41) is 9.12. The summed E-state index contributed by atoms with van der Waals surface area (Å²) >= 11 is 0. The van der Waals surface area contributed by atoms with Gasteiger partial charge in [-0.2, -0.15) is 10.5 Å². The molecule has 0 heterocycles. The molecule has 5 heteroatoms. The van der Waals surface area contributed by atoms with E-state index in [9.17, 15) is 13.6 Å². The van der Waals surface area contributed by atoms with Crippen LogP contribution in [0.1, 0.15) is 67.2 Å². The molecule has 0 aromatic heterocycles. The van der Waals surface area contributed by atoms with Crippen LogP contribution in [0.3, 0.4) is 0 Å². The summed E-state index contributed by atoms with van der Waals surface area (Å²) in [7, 11) is 0.0356. The first kappa shape index (κ1) is 41.1. The average molecular weight is 739 g/mol. The van der Waals surface area contributed by atoms with Gasteiger partial charge in [-0.25, -0.2) is 8.78 Å². The SMILES string of the molecule is C.C=S(C)c1ccc(/C=C2/C(C)=C(C)c3cc(F)ccc32)cc1.CCC(=O)c1ccc(-c2ccccc2)cc1.Cc1ccc(-c2ccc(O)cc2)c(F)c1. The van der Waals surface area contributed by atoms with E-state index in [1.807, 2.05) is 68.4 Å². The Bertz CT molecular complexity index is 2280. The lowest BCUT2D eigenvalue weighted by Crippen LogP contribution is -1.95. The third-order valence-electron chi connectivity index (χ3n) is 9.17. The number of allylic oxidation sites excluding steroid dienone is 3. The molecule has 1 N–H and O–H groups in total. The maximum atomic E-state index is 13.6. The number of carbonyl (C=O) groups is 1. The van der Waals surface area contributed by atoms with Gasteiger partial charge in [0.2, 0.25) is 0 Å². The van der Waals surface area contributed by atoms with Crippen molar-refractivity contribution in [2.24, 2.45) is 0 Å². The van der Waals surface area contributed by atoms with Crippen molar-refractivity contribution < 1.29 is 18.7 Å². The molecule has 0 radical (unpaired) electrons. The van der Waals surface area contributed by atoms with E-state index in [-0.39, 0.29) is 41.1 Å². The van der Waals surface area contributed by atoms with E-state index < -0.39 is 0 Å². The highest BCUT2D eigenvalue weighted by molar-refractivity contribution is 8.13. The molecule has 7 rings (SSSR count). The maximum absolute atomic E-state index is 13.6. The van der Waals surface area contributed by atoms with Gasteiger partial charge in [0.1, 0.15) is 17.4 Å². The fraction of sp³-hybridized carbons (Fsp3) is 0.143. The lowest BCUT2D eigenvalue weighted by atomic mass is 10.0. The molecule has 276 valence electrons. The number of Topliss-reactive ketones (excluding diaryl/α,β-unsaturated/α-hetero) is 1. The first-order valence-electron chi connectivity index (χ1n) is 17.4. The fourth-order valence-electron chi connectivity index (χ4n) is 6.00. The number of ketones is 1. The molecule has 2 nitrogen and oxygen atoms in total. The summed E-state index contributed by atoms with van der Waals surface area (Å²) in [5.74, 6) is 4.04. The van der Waals surface area contributed by atoms with Crippen LogP contribution < -0.4 is 0 Å². The molecular weight excluding hydrogens is 691 g/mol. The number of hydrogen-bond acceptors (Lipinski definition) is 2. The number of hydrogen-bond donors (Lipinski definition) is 1. The Labute approximate surface area is 322 Å². The molecule has 0 saturated heterocycles. The second kappa shape index (κ2) is 18.9. The van der Waals surface area contributed by atoms with Gasteiger partial charge in [-0.1, -0.05) is 117 Å². The van der Waals surface area contributed by atoms with Crippen molar-refractivity contribution in [2.75, 3.05) is 6.26 Å². The average Bonchev–Trinajstić information content (AvgIpc) is 3.40. The Balaban J connectivity index is 0.000000183. The quantitative estimate of drug-likeness (QED) is 0.136. The smallest absolute Gasteiger partial charge is 0.162 e. The predicted octanol–water partition coefficient (Wildman–Crippen LogP) is 14.0. The van der Waals surface area contributed by atoms with E-state index in [1.54, 1.807) is 36.4 Å². The first-order valence-corrected chi connectivity index (χ1v) is 19.2. The molecule has 0 bridgehead atoms. The Hall–Kier alpha value is -5.65. The summed E-state index contributed by atoms with van der Waals surface area (Å²) in [5.41, 5.74) is 12.2.